The van der Waals surface area contributed by atoms with E-state index in [4.69, 9.17) is 9.72 Å². The van der Waals surface area contributed by atoms with Gasteiger partial charge in [0.15, 0.2) is 11.8 Å². The van der Waals surface area contributed by atoms with Crippen LogP contribution >= 0.6 is 11.8 Å². The molecule has 0 bridgehead atoms. The van der Waals surface area contributed by atoms with E-state index >= 15 is 4.39 Å². The van der Waals surface area contributed by atoms with E-state index in [1.807, 2.05) is 6.21 Å². The number of imide groups is 1. The van der Waals surface area contributed by atoms with Crippen LogP contribution in [-0.4, -0.2) is 134 Å². The summed E-state index contributed by atoms with van der Waals surface area (Å²) in [6, 6.07) is 10.7. The lowest BCUT2D eigenvalue weighted by molar-refractivity contribution is -0.415. The second kappa shape index (κ2) is 24.6. The minimum absolute atomic E-state index is 0.0226. The van der Waals surface area contributed by atoms with E-state index in [1.54, 1.807) is 57.3 Å². The average Bonchev–Trinajstić information content (AvgIpc) is 4.18. The van der Waals surface area contributed by atoms with Crippen molar-refractivity contribution in [2.75, 3.05) is 44.9 Å². The molecule has 410 valence electrons. The van der Waals surface area contributed by atoms with Gasteiger partial charge in [0.2, 0.25) is 29.5 Å². The number of fused-ring (bicyclic) bond motifs is 5. The lowest BCUT2D eigenvalue weighted by Crippen LogP contribution is -2.52. The highest BCUT2D eigenvalue weighted by atomic mass is 32.2. The van der Waals surface area contributed by atoms with Gasteiger partial charge in [-0.15, -0.1) is 11.8 Å². The number of aryl methyl sites for hydroxylation is 1. The maximum Gasteiger partial charge on any atom is 0.387 e. The minimum Gasteiger partial charge on any atom is -0.458 e. The fraction of sp³-hybridized carbons (Fsp3) is 0.418. The molecular formula is C55H61FN9O12S+. The van der Waals surface area contributed by atoms with E-state index < -0.39 is 65.7 Å². The quantitative estimate of drug-likeness (QED) is 0.0135. The van der Waals surface area contributed by atoms with Crippen LogP contribution in [0.3, 0.4) is 0 Å². The Morgan fingerprint density at radius 3 is 2.35 bits per heavy atom. The number of hydrogen-bond donors (Lipinski definition) is 6. The van der Waals surface area contributed by atoms with Crippen molar-refractivity contribution in [3.63, 3.8) is 0 Å². The number of nitrogens with zero attached hydrogens (tertiary/aromatic N) is 4. The largest absolute Gasteiger partial charge is 0.458 e. The second-order valence-corrected chi connectivity index (χ2v) is 20.7. The van der Waals surface area contributed by atoms with Crippen LogP contribution in [0.4, 0.5) is 4.39 Å². The molecule has 4 aliphatic rings. The fourth-order valence-corrected chi connectivity index (χ4v) is 10.9. The number of halogens is 1. The number of amides is 8. The monoisotopic (exact) mass is 1090 g/mol. The molecule has 0 spiro atoms. The van der Waals surface area contributed by atoms with Crippen LogP contribution in [-0.2, 0) is 79.5 Å². The van der Waals surface area contributed by atoms with E-state index in [-0.39, 0.29) is 98.5 Å². The Bertz CT molecular complexity index is 3230. The highest BCUT2D eigenvalue weighted by Crippen LogP contribution is 2.46. The van der Waals surface area contributed by atoms with E-state index in [2.05, 4.69) is 26.6 Å². The van der Waals surface area contributed by atoms with Crippen LogP contribution in [0.15, 0.2) is 59.4 Å². The number of benzene rings is 2. The molecule has 23 heteroatoms. The first-order valence-electron chi connectivity index (χ1n) is 25.8. The Kier molecular flexibility index (Phi) is 17.8. The molecule has 8 amide bonds. The van der Waals surface area contributed by atoms with Crippen molar-refractivity contribution in [2.45, 2.75) is 102 Å². The predicted octanol–water partition coefficient (Wildman–Crippen LogP) is 1.56. The van der Waals surface area contributed by atoms with Gasteiger partial charge in [-0.3, -0.25) is 43.3 Å². The minimum atomic E-state index is -2.02. The molecule has 78 heavy (non-hydrogen) atoms. The summed E-state index contributed by atoms with van der Waals surface area (Å²) in [4.78, 5) is 134. The number of unbranched alkanes of at least 4 members (excludes halogenated alkanes) is 2. The number of hydrogen-bond acceptors (Lipinski definition) is 14. The predicted molar refractivity (Wildman–Crippen MR) is 283 cm³/mol. The van der Waals surface area contributed by atoms with Gasteiger partial charge in [0.05, 0.1) is 66.9 Å². The van der Waals surface area contributed by atoms with Gasteiger partial charge in [-0.1, -0.05) is 43.7 Å². The van der Waals surface area contributed by atoms with Gasteiger partial charge < -0.3 is 41.0 Å². The van der Waals surface area contributed by atoms with Gasteiger partial charge in [0, 0.05) is 59.9 Å². The first-order chi connectivity index (χ1) is 37.4. The SMILES string of the molecule is CC[C@@]1(O)C(=O)OCc2c1cc1n(c2=O)Cc2c-1nc1cc(F)c(C)c3c1c2C(C=[N+](C)C(=O)CCSCNC(=O)CNC(=O)[C@H](Cc1ccccc1)NC(=O)CNC(=O)CNC(=O)CCCCCN1C(=O)C=CC1=O)CC3. The van der Waals surface area contributed by atoms with Gasteiger partial charge in [0.1, 0.15) is 25.5 Å². The lowest BCUT2D eigenvalue weighted by Gasteiger charge is -2.31. The van der Waals surface area contributed by atoms with E-state index in [9.17, 15) is 53.1 Å². The van der Waals surface area contributed by atoms with Crippen molar-refractivity contribution in [2.24, 2.45) is 0 Å². The van der Waals surface area contributed by atoms with Crippen LogP contribution in [0.2, 0.25) is 0 Å². The molecule has 3 atom stereocenters. The fourth-order valence-electron chi connectivity index (χ4n) is 10.2. The molecule has 0 radical (unpaired) electrons. The van der Waals surface area contributed by atoms with Gasteiger partial charge in [-0.25, -0.2) is 19.0 Å². The summed E-state index contributed by atoms with van der Waals surface area (Å²) in [5, 5.41) is 24.9. The highest BCUT2D eigenvalue weighted by molar-refractivity contribution is 7.99. The van der Waals surface area contributed by atoms with E-state index in [0.29, 0.717) is 60.3 Å². The first-order valence-corrected chi connectivity index (χ1v) is 27.0. The summed E-state index contributed by atoms with van der Waals surface area (Å²) in [5.41, 5.74) is 2.71. The molecule has 2 aromatic carbocycles. The zero-order valence-electron chi connectivity index (χ0n) is 43.5. The van der Waals surface area contributed by atoms with E-state index in [0.717, 1.165) is 32.5 Å². The third-order valence-corrected chi connectivity index (χ3v) is 15.3. The van der Waals surface area contributed by atoms with Crippen molar-refractivity contribution < 1.29 is 62.0 Å². The van der Waals surface area contributed by atoms with Crippen LogP contribution in [0, 0.1) is 12.7 Å². The lowest BCUT2D eigenvalue weighted by atomic mass is 9.78. The Morgan fingerprint density at radius 1 is 0.897 bits per heavy atom. The van der Waals surface area contributed by atoms with Gasteiger partial charge in [-0.05, 0) is 67.3 Å². The molecule has 4 aromatic rings. The standard InChI is InChI=1S/C55H60FN9O12S/c1-4-55(76)37-22-41-51-35(28-65(41)53(74)36(37)29-77-54(55)75)49-33(14-15-34-31(2)38(56)23-39(62-51)50(34)49)27-63(3)46(70)18-20-78-30-60-44(68)25-59-52(73)40(21-32-11-7-5-8-12-32)61-45(69)26-58-43(67)24-57-42(66)13-9-6-10-19-64-47(71)16-17-48(64)72/h5,7-8,11-12,16-17,22-23,27,33,40,76H,4,6,9-10,13-15,18-21,24-26,28-30H2,1-3H3,(H4-,57,58,59,60,61,66,67,68,69,73)/p+1/t33?,40-,55-/m0/s1. The van der Waals surface area contributed by atoms with Crippen LogP contribution in [0.1, 0.15) is 96.7 Å². The zero-order valence-corrected chi connectivity index (χ0v) is 44.3. The Morgan fingerprint density at radius 2 is 1.60 bits per heavy atom. The summed E-state index contributed by atoms with van der Waals surface area (Å²) in [5.74, 6) is -4.94. The van der Waals surface area contributed by atoms with E-state index in [1.165, 1.54) is 39.1 Å². The normalized spacial score (nSPS) is 17.4. The molecule has 1 unspecified atom stereocenters. The molecule has 0 saturated heterocycles. The topological polar surface area (TPSA) is 284 Å². The molecule has 3 aliphatic heterocycles. The summed E-state index contributed by atoms with van der Waals surface area (Å²) >= 11 is 1.29. The smallest absolute Gasteiger partial charge is 0.387 e. The Hall–Kier alpha value is -7.92. The van der Waals surface area contributed by atoms with Crippen molar-refractivity contribution in [3.05, 3.63) is 110 Å². The maximum absolute atomic E-state index is 15.4. The van der Waals surface area contributed by atoms with Crippen LogP contribution < -0.4 is 32.1 Å². The van der Waals surface area contributed by atoms with Crippen molar-refractivity contribution in [1.82, 2.24) is 41.0 Å². The molecule has 8 rings (SSSR count). The van der Waals surface area contributed by atoms with Gasteiger partial charge in [0.25, 0.3) is 17.4 Å². The Labute approximate surface area is 451 Å². The van der Waals surface area contributed by atoms with Crippen LogP contribution in [0.25, 0.3) is 22.3 Å². The molecule has 5 heterocycles. The molecule has 6 N–H and O–H groups in total. The number of nitrogens with one attached hydrogen (secondary N) is 5. The zero-order chi connectivity index (χ0) is 55.8. The number of carbonyl (C=O) groups is 9. The van der Waals surface area contributed by atoms with Crippen LogP contribution in [0.5, 0.6) is 0 Å². The summed E-state index contributed by atoms with van der Waals surface area (Å²) in [6.45, 7) is 2.15. The number of esters is 1. The molecule has 21 nitrogen and oxygen atoms in total. The highest BCUT2D eigenvalue weighted by Gasteiger charge is 2.46. The third-order valence-electron chi connectivity index (χ3n) is 14.5. The average molecular weight is 1090 g/mol. The number of ether oxygens (including phenoxy) is 1. The van der Waals surface area contributed by atoms with Crippen molar-refractivity contribution >= 4 is 82.1 Å². The third kappa shape index (κ3) is 12.4. The van der Waals surface area contributed by atoms with Crippen molar-refractivity contribution in [1.29, 1.82) is 0 Å². The van der Waals surface area contributed by atoms with Gasteiger partial charge in [-0.2, -0.15) is 4.58 Å². The number of aliphatic hydroxyl groups is 1. The number of carbonyl (C=O) groups excluding carboxylic acids is 9. The first kappa shape index (κ1) is 56.3. The summed E-state index contributed by atoms with van der Waals surface area (Å²) < 4.78 is 23.7. The molecule has 0 fully saturated rings. The summed E-state index contributed by atoms with van der Waals surface area (Å²) in [7, 11) is 1.66. The summed E-state index contributed by atoms with van der Waals surface area (Å²) in [6.07, 6.45) is 7.17. The number of pyridine rings is 2. The number of cyclic esters (lactones) is 1. The molecular weight excluding hydrogens is 1030 g/mol. The Balaban J connectivity index is 0.798. The maximum atomic E-state index is 15.4. The second-order valence-electron chi connectivity index (χ2n) is 19.6. The number of rotatable bonds is 23. The number of aromatic nitrogens is 2. The number of thioether (sulfide) groups is 1. The van der Waals surface area contributed by atoms with Gasteiger partial charge >= 0.3 is 11.9 Å². The molecule has 0 saturated carbocycles. The van der Waals surface area contributed by atoms with Crippen molar-refractivity contribution in [3.8, 4) is 11.4 Å². The molecule has 2 aromatic heterocycles. The molecule has 1 aliphatic carbocycles.